The minimum atomic E-state index is -0.235. The van der Waals surface area contributed by atoms with Crippen molar-refractivity contribution in [2.45, 2.75) is 13.3 Å². The van der Waals surface area contributed by atoms with E-state index in [9.17, 15) is 4.79 Å². The molecule has 2 heterocycles. The van der Waals surface area contributed by atoms with E-state index in [1.807, 2.05) is 19.1 Å². The molecule has 0 aliphatic rings. The molecule has 5 heteroatoms. The number of hydrogen-bond donors (Lipinski definition) is 1. The highest BCUT2D eigenvalue weighted by Gasteiger charge is 2.08. The second-order valence-electron chi connectivity index (χ2n) is 3.91. The summed E-state index contributed by atoms with van der Waals surface area (Å²) in [6, 6.07) is 8.76. The van der Waals surface area contributed by atoms with Gasteiger partial charge in [-0.15, -0.1) is 0 Å². The van der Waals surface area contributed by atoms with E-state index in [-0.39, 0.29) is 5.91 Å². The third kappa shape index (κ3) is 3.28. The molecule has 0 aromatic carbocycles. The summed E-state index contributed by atoms with van der Waals surface area (Å²) in [4.78, 5) is 20.3. The van der Waals surface area contributed by atoms with Gasteiger partial charge in [-0.3, -0.25) is 4.79 Å². The number of aryl methyl sites for hydroxylation is 1. The zero-order valence-electron chi connectivity index (χ0n) is 10.9. The fourth-order valence-electron chi connectivity index (χ4n) is 1.60. The predicted molar refractivity (Wildman–Crippen MR) is 72.4 cm³/mol. The number of nitrogens with one attached hydrogen (secondary N) is 1. The quantitative estimate of drug-likeness (QED) is 0.912. The van der Waals surface area contributed by atoms with Crippen LogP contribution < -0.4 is 10.1 Å². The Morgan fingerprint density at radius 2 is 2.21 bits per heavy atom. The molecule has 5 nitrogen and oxygen atoms in total. The minimum absolute atomic E-state index is 0.235. The molecule has 2 rings (SSSR count). The van der Waals surface area contributed by atoms with Crippen molar-refractivity contribution in [1.29, 1.82) is 0 Å². The Kier molecular flexibility index (Phi) is 4.07. The highest BCUT2D eigenvalue weighted by Crippen LogP contribution is 2.11. The van der Waals surface area contributed by atoms with Crippen molar-refractivity contribution < 1.29 is 9.53 Å². The smallest absolute Gasteiger partial charge is 0.257 e. The molecule has 2 aromatic heterocycles. The highest BCUT2D eigenvalue weighted by atomic mass is 16.5. The standard InChI is InChI=1S/C14H15N3O2/c1-3-11-5-4-6-12(16-11)17-14(18)10-7-8-15-13(9-10)19-2/h4-9H,3H2,1-2H3,(H,16,17,18). The first-order valence-electron chi connectivity index (χ1n) is 6.00. The second kappa shape index (κ2) is 5.95. The lowest BCUT2D eigenvalue weighted by atomic mass is 10.2. The predicted octanol–water partition coefficient (Wildman–Crippen LogP) is 2.30. The molecule has 0 spiro atoms. The molecule has 1 amide bonds. The number of anilines is 1. The van der Waals surface area contributed by atoms with E-state index < -0.39 is 0 Å². The van der Waals surface area contributed by atoms with Crippen LogP contribution in [0.1, 0.15) is 23.0 Å². The molecule has 19 heavy (non-hydrogen) atoms. The average molecular weight is 257 g/mol. The van der Waals surface area contributed by atoms with Crippen LogP contribution in [0.2, 0.25) is 0 Å². The second-order valence-corrected chi connectivity index (χ2v) is 3.91. The fourth-order valence-corrected chi connectivity index (χ4v) is 1.60. The number of carbonyl (C=O) groups is 1. The van der Waals surface area contributed by atoms with E-state index in [0.717, 1.165) is 12.1 Å². The number of pyridine rings is 2. The SMILES string of the molecule is CCc1cccc(NC(=O)c2ccnc(OC)c2)n1. The number of aromatic nitrogens is 2. The van der Waals surface area contributed by atoms with Gasteiger partial charge in [0.15, 0.2) is 0 Å². The number of carbonyl (C=O) groups excluding carboxylic acids is 1. The van der Waals surface area contributed by atoms with E-state index in [0.29, 0.717) is 17.3 Å². The van der Waals surface area contributed by atoms with Crippen LogP contribution in [0.5, 0.6) is 5.88 Å². The number of hydrogen-bond acceptors (Lipinski definition) is 4. The summed E-state index contributed by atoms with van der Waals surface area (Å²) in [5.74, 6) is 0.713. The molecule has 0 aliphatic heterocycles. The summed E-state index contributed by atoms with van der Waals surface area (Å²) in [5, 5.41) is 2.75. The first-order valence-corrected chi connectivity index (χ1v) is 6.00. The first kappa shape index (κ1) is 13.0. The van der Waals surface area contributed by atoms with Gasteiger partial charge in [0.25, 0.3) is 5.91 Å². The zero-order chi connectivity index (χ0) is 13.7. The summed E-state index contributed by atoms with van der Waals surface area (Å²) in [7, 11) is 1.51. The van der Waals surface area contributed by atoms with Crippen molar-refractivity contribution in [2.24, 2.45) is 0 Å². The Morgan fingerprint density at radius 3 is 2.95 bits per heavy atom. The van der Waals surface area contributed by atoms with Crippen LogP contribution in [0, 0.1) is 0 Å². The normalized spacial score (nSPS) is 10.0. The average Bonchev–Trinajstić information content (AvgIpc) is 2.47. The number of nitrogens with zero attached hydrogens (tertiary/aromatic N) is 2. The molecule has 0 fully saturated rings. The van der Waals surface area contributed by atoms with Crippen molar-refractivity contribution >= 4 is 11.7 Å². The lowest BCUT2D eigenvalue weighted by molar-refractivity contribution is 0.102. The number of methoxy groups -OCH3 is 1. The van der Waals surface area contributed by atoms with Crippen LogP contribution >= 0.6 is 0 Å². The maximum atomic E-state index is 12.0. The van der Waals surface area contributed by atoms with Gasteiger partial charge >= 0.3 is 0 Å². The van der Waals surface area contributed by atoms with Crippen LogP contribution in [0.3, 0.4) is 0 Å². The summed E-state index contributed by atoms with van der Waals surface area (Å²) in [6.45, 7) is 2.02. The van der Waals surface area contributed by atoms with Crippen LogP contribution in [0.15, 0.2) is 36.5 Å². The maximum Gasteiger partial charge on any atom is 0.257 e. The van der Waals surface area contributed by atoms with Gasteiger partial charge in [0.1, 0.15) is 5.82 Å². The molecule has 0 unspecified atom stereocenters. The summed E-state index contributed by atoms with van der Waals surface area (Å²) >= 11 is 0. The number of ether oxygens (including phenoxy) is 1. The molecule has 0 bridgehead atoms. The lowest BCUT2D eigenvalue weighted by Crippen LogP contribution is -2.13. The lowest BCUT2D eigenvalue weighted by Gasteiger charge is -2.06. The Bertz CT molecular complexity index is 584. The maximum absolute atomic E-state index is 12.0. The van der Waals surface area contributed by atoms with Crippen LogP contribution in [0.4, 0.5) is 5.82 Å². The van der Waals surface area contributed by atoms with Gasteiger partial charge in [0.05, 0.1) is 7.11 Å². The molecule has 0 atom stereocenters. The van der Waals surface area contributed by atoms with Gasteiger partial charge in [0.2, 0.25) is 5.88 Å². The van der Waals surface area contributed by atoms with Crippen LogP contribution in [-0.2, 0) is 6.42 Å². The zero-order valence-corrected chi connectivity index (χ0v) is 10.9. The third-order valence-electron chi connectivity index (χ3n) is 2.62. The van der Waals surface area contributed by atoms with E-state index in [4.69, 9.17) is 4.74 Å². The van der Waals surface area contributed by atoms with E-state index in [1.165, 1.54) is 13.3 Å². The van der Waals surface area contributed by atoms with E-state index in [1.54, 1.807) is 18.2 Å². The van der Waals surface area contributed by atoms with Crippen molar-refractivity contribution in [2.75, 3.05) is 12.4 Å². The summed E-state index contributed by atoms with van der Waals surface area (Å²) < 4.78 is 4.98. The Morgan fingerprint density at radius 1 is 1.37 bits per heavy atom. The van der Waals surface area contributed by atoms with Gasteiger partial charge in [-0.05, 0) is 24.6 Å². The molecule has 0 saturated heterocycles. The van der Waals surface area contributed by atoms with Crippen molar-refractivity contribution in [3.05, 3.63) is 47.8 Å². The number of amides is 1. The Hall–Kier alpha value is -2.43. The van der Waals surface area contributed by atoms with Crippen molar-refractivity contribution in [3.8, 4) is 5.88 Å². The van der Waals surface area contributed by atoms with Gasteiger partial charge in [-0.2, -0.15) is 0 Å². The van der Waals surface area contributed by atoms with Crippen molar-refractivity contribution in [3.63, 3.8) is 0 Å². The fraction of sp³-hybridized carbons (Fsp3) is 0.214. The molecule has 0 aliphatic carbocycles. The molecule has 98 valence electrons. The molecule has 1 N–H and O–H groups in total. The highest BCUT2D eigenvalue weighted by molar-refractivity contribution is 6.03. The number of rotatable bonds is 4. The summed E-state index contributed by atoms with van der Waals surface area (Å²) in [6.07, 6.45) is 2.36. The summed E-state index contributed by atoms with van der Waals surface area (Å²) in [5.41, 5.74) is 1.42. The van der Waals surface area contributed by atoms with Crippen LogP contribution in [-0.4, -0.2) is 23.0 Å². The van der Waals surface area contributed by atoms with Gasteiger partial charge in [0, 0.05) is 23.5 Å². The largest absolute Gasteiger partial charge is 0.481 e. The van der Waals surface area contributed by atoms with Gasteiger partial charge in [-0.1, -0.05) is 13.0 Å². The van der Waals surface area contributed by atoms with E-state index >= 15 is 0 Å². The van der Waals surface area contributed by atoms with Gasteiger partial charge in [-0.25, -0.2) is 9.97 Å². The molecule has 0 saturated carbocycles. The first-order chi connectivity index (χ1) is 9.22. The monoisotopic (exact) mass is 257 g/mol. The topological polar surface area (TPSA) is 64.1 Å². The minimum Gasteiger partial charge on any atom is -0.481 e. The van der Waals surface area contributed by atoms with E-state index in [2.05, 4.69) is 15.3 Å². The molecular formula is C14H15N3O2. The molecule has 0 radical (unpaired) electrons. The Labute approximate surface area is 111 Å². The third-order valence-corrected chi connectivity index (χ3v) is 2.62. The Balaban J connectivity index is 2.15. The van der Waals surface area contributed by atoms with Gasteiger partial charge < -0.3 is 10.1 Å². The molecule has 2 aromatic rings. The van der Waals surface area contributed by atoms with Crippen molar-refractivity contribution in [1.82, 2.24) is 9.97 Å². The van der Waals surface area contributed by atoms with Crippen LogP contribution in [0.25, 0.3) is 0 Å². The molecular weight excluding hydrogens is 242 g/mol.